The van der Waals surface area contributed by atoms with E-state index in [2.05, 4.69) is 18.7 Å². The Hall–Kier alpha value is -3.55. The normalized spacial score (nSPS) is 19.0. The molecule has 2 amide bonds. The summed E-state index contributed by atoms with van der Waals surface area (Å²) in [5.41, 5.74) is 4.82. The van der Waals surface area contributed by atoms with Crippen molar-refractivity contribution < 1.29 is 19.6 Å². The highest BCUT2D eigenvalue weighted by Crippen LogP contribution is 2.19. The number of hydrogen-bond donors (Lipinski definition) is 2. The SMILES string of the molecule is CC(=O)N1[C@H](C)CN(Cc2cccc(C(=O)/C=C/c3cccc(/C=C/C(=O)NO)c3)c2)C[C@@H]1C. The summed E-state index contributed by atoms with van der Waals surface area (Å²) in [6.45, 7) is 8.08. The predicted octanol–water partition coefficient (Wildman–Crippen LogP) is 3.54. The molecule has 0 aliphatic carbocycles. The van der Waals surface area contributed by atoms with E-state index in [4.69, 9.17) is 5.21 Å². The summed E-state index contributed by atoms with van der Waals surface area (Å²) in [6, 6.07) is 15.3. The molecule has 0 aromatic heterocycles. The van der Waals surface area contributed by atoms with E-state index in [-0.39, 0.29) is 23.8 Å². The van der Waals surface area contributed by atoms with E-state index < -0.39 is 5.91 Å². The third-order valence-corrected chi connectivity index (χ3v) is 5.85. The van der Waals surface area contributed by atoms with Crippen molar-refractivity contribution in [3.8, 4) is 0 Å². The third kappa shape index (κ3) is 6.73. The average molecular weight is 462 g/mol. The van der Waals surface area contributed by atoms with Crippen molar-refractivity contribution >= 4 is 29.7 Å². The monoisotopic (exact) mass is 461 g/mol. The van der Waals surface area contributed by atoms with E-state index in [1.807, 2.05) is 53.4 Å². The fourth-order valence-corrected chi connectivity index (χ4v) is 4.51. The highest BCUT2D eigenvalue weighted by atomic mass is 16.5. The second-order valence-electron chi connectivity index (χ2n) is 8.70. The van der Waals surface area contributed by atoms with Crippen molar-refractivity contribution in [1.82, 2.24) is 15.3 Å². The zero-order chi connectivity index (χ0) is 24.7. The van der Waals surface area contributed by atoms with Crippen LogP contribution >= 0.6 is 0 Å². The molecule has 1 aliphatic heterocycles. The molecular formula is C27H31N3O4. The largest absolute Gasteiger partial charge is 0.335 e. The number of nitrogens with zero attached hydrogens (tertiary/aromatic N) is 2. The summed E-state index contributed by atoms with van der Waals surface area (Å²) < 4.78 is 0. The topological polar surface area (TPSA) is 90.0 Å². The quantitative estimate of drug-likeness (QED) is 0.285. The smallest absolute Gasteiger partial charge is 0.267 e. The van der Waals surface area contributed by atoms with E-state index in [1.54, 1.807) is 24.6 Å². The molecule has 2 atom stereocenters. The van der Waals surface area contributed by atoms with Crippen molar-refractivity contribution in [3.63, 3.8) is 0 Å². The summed E-state index contributed by atoms with van der Waals surface area (Å²) >= 11 is 0. The number of hydroxylamine groups is 1. The zero-order valence-electron chi connectivity index (χ0n) is 19.8. The van der Waals surface area contributed by atoms with Crippen LogP contribution in [0.4, 0.5) is 0 Å². The third-order valence-electron chi connectivity index (χ3n) is 5.85. The molecule has 0 unspecified atom stereocenters. The minimum atomic E-state index is -0.611. The molecule has 1 aliphatic rings. The molecule has 34 heavy (non-hydrogen) atoms. The number of piperazine rings is 1. The van der Waals surface area contributed by atoms with Crippen LogP contribution in [0.15, 0.2) is 60.7 Å². The fourth-order valence-electron chi connectivity index (χ4n) is 4.51. The van der Waals surface area contributed by atoms with Gasteiger partial charge in [0.25, 0.3) is 5.91 Å². The second-order valence-corrected chi connectivity index (χ2v) is 8.70. The molecule has 0 spiro atoms. The average Bonchev–Trinajstić information content (AvgIpc) is 2.80. The number of nitrogens with one attached hydrogen (secondary N) is 1. The van der Waals surface area contributed by atoms with Gasteiger partial charge in [0.05, 0.1) is 0 Å². The van der Waals surface area contributed by atoms with Crippen LogP contribution in [0.3, 0.4) is 0 Å². The minimum Gasteiger partial charge on any atom is -0.335 e. The van der Waals surface area contributed by atoms with E-state index in [0.29, 0.717) is 5.56 Å². The Bertz CT molecular complexity index is 1100. The van der Waals surface area contributed by atoms with Crippen molar-refractivity contribution in [3.05, 3.63) is 82.9 Å². The lowest BCUT2D eigenvalue weighted by atomic mass is 10.0. The molecule has 0 saturated carbocycles. The van der Waals surface area contributed by atoms with Gasteiger partial charge in [0, 0.05) is 50.3 Å². The first-order valence-corrected chi connectivity index (χ1v) is 11.3. The van der Waals surface area contributed by atoms with Crippen LogP contribution in [0.2, 0.25) is 0 Å². The van der Waals surface area contributed by atoms with Crippen LogP contribution in [0, 0.1) is 0 Å². The van der Waals surface area contributed by atoms with Gasteiger partial charge in [-0.1, -0.05) is 42.5 Å². The molecule has 0 bridgehead atoms. The highest BCUT2D eigenvalue weighted by molar-refractivity contribution is 6.06. The Balaban J connectivity index is 1.65. The molecule has 1 heterocycles. The number of rotatable bonds is 7. The first-order valence-electron chi connectivity index (χ1n) is 11.3. The lowest BCUT2D eigenvalue weighted by Gasteiger charge is -2.44. The van der Waals surface area contributed by atoms with Crippen LogP contribution in [0.25, 0.3) is 12.2 Å². The molecule has 2 N–H and O–H groups in total. The van der Waals surface area contributed by atoms with E-state index in [0.717, 1.165) is 36.3 Å². The van der Waals surface area contributed by atoms with Gasteiger partial charge in [0.15, 0.2) is 5.78 Å². The maximum atomic E-state index is 12.8. The van der Waals surface area contributed by atoms with E-state index in [9.17, 15) is 14.4 Å². The molecule has 1 saturated heterocycles. The maximum Gasteiger partial charge on any atom is 0.267 e. The molecule has 0 radical (unpaired) electrons. The number of amides is 2. The van der Waals surface area contributed by atoms with Crippen molar-refractivity contribution in [2.24, 2.45) is 0 Å². The molecule has 3 rings (SSSR count). The van der Waals surface area contributed by atoms with Crippen molar-refractivity contribution in [2.75, 3.05) is 13.1 Å². The predicted molar refractivity (Wildman–Crippen MR) is 132 cm³/mol. The summed E-state index contributed by atoms with van der Waals surface area (Å²) in [5.74, 6) is -0.595. The van der Waals surface area contributed by atoms with Gasteiger partial charge in [-0.15, -0.1) is 0 Å². The Morgan fingerprint density at radius 1 is 0.971 bits per heavy atom. The Kier molecular flexibility index (Phi) is 8.51. The van der Waals surface area contributed by atoms with E-state index >= 15 is 0 Å². The molecule has 7 heteroatoms. The highest BCUT2D eigenvalue weighted by Gasteiger charge is 2.30. The van der Waals surface area contributed by atoms with Crippen LogP contribution < -0.4 is 5.48 Å². The molecule has 7 nitrogen and oxygen atoms in total. The Labute approximate surface area is 200 Å². The van der Waals surface area contributed by atoms with Gasteiger partial charge < -0.3 is 4.90 Å². The lowest BCUT2D eigenvalue weighted by molar-refractivity contribution is -0.136. The lowest BCUT2D eigenvalue weighted by Crippen LogP contribution is -2.57. The molecule has 1 fully saturated rings. The first-order chi connectivity index (χ1) is 16.3. The van der Waals surface area contributed by atoms with Crippen LogP contribution in [-0.2, 0) is 16.1 Å². The molecular weight excluding hydrogens is 430 g/mol. The number of carbonyl (C=O) groups excluding carboxylic acids is 3. The van der Waals surface area contributed by atoms with Gasteiger partial charge >= 0.3 is 0 Å². The second kappa shape index (κ2) is 11.5. The first kappa shape index (κ1) is 25.1. The fraction of sp³-hybridized carbons (Fsp3) is 0.296. The van der Waals surface area contributed by atoms with Crippen LogP contribution in [0.1, 0.15) is 47.8 Å². The van der Waals surface area contributed by atoms with Gasteiger partial charge in [-0.2, -0.15) is 0 Å². The van der Waals surface area contributed by atoms with Crippen LogP contribution in [-0.4, -0.2) is 57.8 Å². The summed E-state index contributed by atoms with van der Waals surface area (Å²) in [6.07, 6.45) is 6.08. The summed E-state index contributed by atoms with van der Waals surface area (Å²) in [7, 11) is 0. The zero-order valence-corrected chi connectivity index (χ0v) is 19.8. The number of hydrogen-bond acceptors (Lipinski definition) is 5. The Morgan fingerprint density at radius 3 is 2.21 bits per heavy atom. The van der Waals surface area contributed by atoms with Gasteiger partial charge in [-0.3, -0.25) is 24.5 Å². The maximum absolute atomic E-state index is 12.8. The van der Waals surface area contributed by atoms with E-state index in [1.165, 1.54) is 12.2 Å². The number of benzene rings is 2. The molecule has 2 aromatic rings. The van der Waals surface area contributed by atoms with Gasteiger partial charge in [0.1, 0.15) is 0 Å². The minimum absolute atomic E-state index is 0.0920. The number of allylic oxidation sites excluding steroid dienone is 1. The van der Waals surface area contributed by atoms with Crippen LogP contribution in [0.5, 0.6) is 0 Å². The summed E-state index contributed by atoms with van der Waals surface area (Å²) in [4.78, 5) is 40.1. The molecule has 2 aromatic carbocycles. The number of carbonyl (C=O) groups is 3. The van der Waals surface area contributed by atoms with Gasteiger partial charge in [-0.25, -0.2) is 5.48 Å². The molecule has 178 valence electrons. The van der Waals surface area contributed by atoms with Crippen molar-refractivity contribution in [2.45, 2.75) is 39.4 Å². The van der Waals surface area contributed by atoms with Gasteiger partial charge in [0.2, 0.25) is 5.91 Å². The standard InChI is InChI=1S/C27H31N3O4/c1-19-16-29(17-20(2)30(19)21(3)31)18-24-8-5-9-25(15-24)26(32)12-10-22-6-4-7-23(14-22)11-13-27(33)28-34/h4-15,19-20,34H,16-18H2,1-3H3,(H,28,33)/b12-10+,13-11+/t19-,20+. The summed E-state index contributed by atoms with van der Waals surface area (Å²) in [5, 5.41) is 8.57. The van der Waals surface area contributed by atoms with Crippen molar-refractivity contribution in [1.29, 1.82) is 0 Å². The van der Waals surface area contributed by atoms with Gasteiger partial charge in [-0.05, 0) is 54.8 Å². The Morgan fingerprint density at radius 2 is 1.59 bits per heavy atom. The number of ketones is 1.